The van der Waals surface area contributed by atoms with E-state index in [-0.39, 0.29) is 0 Å². The summed E-state index contributed by atoms with van der Waals surface area (Å²) in [5, 5.41) is 6.27. The second kappa shape index (κ2) is 5.48. The van der Waals surface area contributed by atoms with Crippen molar-refractivity contribution in [2.24, 2.45) is 7.05 Å². The van der Waals surface area contributed by atoms with Gasteiger partial charge in [0.15, 0.2) is 5.65 Å². The molecule has 0 spiro atoms. The van der Waals surface area contributed by atoms with Gasteiger partial charge in [-0.3, -0.25) is 4.68 Å². The number of rotatable bonds is 3. The van der Waals surface area contributed by atoms with Crippen LogP contribution in [0, 0.1) is 20.8 Å². The lowest BCUT2D eigenvalue weighted by Gasteiger charge is -2.11. The van der Waals surface area contributed by atoms with Crippen LogP contribution in [0.1, 0.15) is 22.3 Å². The van der Waals surface area contributed by atoms with Crippen LogP contribution < -0.4 is 0 Å². The Balaban J connectivity index is 1.91. The van der Waals surface area contributed by atoms with E-state index in [2.05, 4.69) is 48.0 Å². The minimum absolute atomic E-state index is 0.879. The van der Waals surface area contributed by atoms with E-state index >= 15 is 0 Å². The average molecular weight is 298 g/mol. The zero-order chi connectivity index (χ0) is 15.0. The van der Waals surface area contributed by atoms with Gasteiger partial charge in [-0.1, -0.05) is 17.7 Å². The fourth-order valence-electron chi connectivity index (χ4n) is 2.63. The fraction of sp³-hybridized carbons (Fsp3) is 0.312. The van der Waals surface area contributed by atoms with Crippen LogP contribution in [-0.4, -0.2) is 19.7 Å². The van der Waals surface area contributed by atoms with Gasteiger partial charge in [0.05, 0.1) is 11.6 Å². The summed E-state index contributed by atoms with van der Waals surface area (Å²) in [7, 11) is 1.90. The zero-order valence-corrected chi connectivity index (χ0v) is 13.5. The number of nitrogens with zero attached hydrogens (tertiary/aromatic N) is 4. The van der Waals surface area contributed by atoms with Gasteiger partial charge in [-0.05, 0) is 37.5 Å². The van der Waals surface area contributed by atoms with Crippen molar-refractivity contribution in [1.29, 1.82) is 0 Å². The van der Waals surface area contributed by atoms with Crippen molar-refractivity contribution < 1.29 is 0 Å². The predicted octanol–water partition coefficient (Wildman–Crippen LogP) is 3.58. The molecule has 0 radical (unpaired) electrons. The minimum Gasteiger partial charge on any atom is -0.250 e. The van der Waals surface area contributed by atoms with Gasteiger partial charge in [-0.25, -0.2) is 9.97 Å². The van der Waals surface area contributed by atoms with Crippen LogP contribution in [0.2, 0.25) is 0 Å². The van der Waals surface area contributed by atoms with Crippen molar-refractivity contribution in [3.8, 4) is 0 Å². The van der Waals surface area contributed by atoms with Crippen LogP contribution in [0.5, 0.6) is 0 Å². The van der Waals surface area contributed by atoms with Gasteiger partial charge < -0.3 is 0 Å². The smallest absolute Gasteiger partial charge is 0.162 e. The molecular formula is C16H18N4S. The van der Waals surface area contributed by atoms with Gasteiger partial charge >= 0.3 is 0 Å². The maximum atomic E-state index is 4.41. The number of benzene rings is 1. The monoisotopic (exact) mass is 298 g/mol. The molecule has 0 atom stereocenters. The maximum absolute atomic E-state index is 4.41. The number of hydrogen-bond donors (Lipinski definition) is 0. The van der Waals surface area contributed by atoms with Crippen LogP contribution in [0.25, 0.3) is 11.0 Å². The highest BCUT2D eigenvalue weighted by Gasteiger charge is 2.10. The quantitative estimate of drug-likeness (QED) is 0.547. The fourth-order valence-corrected chi connectivity index (χ4v) is 3.79. The second-order valence-corrected chi connectivity index (χ2v) is 6.31. The molecule has 4 nitrogen and oxygen atoms in total. The first kappa shape index (κ1) is 14.1. The Kier molecular flexibility index (Phi) is 3.68. The molecule has 21 heavy (non-hydrogen) atoms. The third kappa shape index (κ3) is 2.65. The standard InChI is InChI=1S/C16H18N4S/c1-10-5-11(2)14(12(3)6-10)8-21-16-13-7-19-20(4)15(13)17-9-18-16/h5-7,9H,8H2,1-4H3. The van der Waals surface area contributed by atoms with Crippen molar-refractivity contribution in [3.63, 3.8) is 0 Å². The van der Waals surface area contributed by atoms with Crippen molar-refractivity contribution in [2.45, 2.75) is 31.6 Å². The van der Waals surface area contributed by atoms with Gasteiger partial charge in [0.1, 0.15) is 11.4 Å². The highest BCUT2D eigenvalue weighted by molar-refractivity contribution is 7.98. The minimum atomic E-state index is 0.879. The molecule has 0 aliphatic heterocycles. The van der Waals surface area contributed by atoms with E-state index < -0.39 is 0 Å². The number of aryl methyl sites for hydroxylation is 4. The Morgan fingerprint density at radius 1 is 1.10 bits per heavy atom. The largest absolute Gasteiger partial charge is 0.250 e. The summed E-state index contributed by atoms with van der Waals surface area (Å²) in [4.78, 5) is 8.69. The molecule has 2 heterocycles. The summed E-state index contributed by atoms with van der Waals surface area (Å²) >= 11 is 1.75. The SMILES string of the molecule is Cc1cc(C)c(CSc2ncnc3c2cnn3C)c(C)c1. The summed E-state index contributed by atoms with van der Waals surface area (Å²) in [5.74, 6) is 0.916. The summed E-state index contributed by atoms with van der Waals surface area (Å²) in [6.07, 6.45) is 3.45. The number of fused-ring (bicyclic) bond motifs is 1. The van der Waals surface area contributed by atoms with E-state index in [0.29, 0.717) is 0 Å². The van der Waals surface area contributed by atoms with Crippen molar-refractivity contribution in [3.05, 3.63) is 46.9 Å². The Morgan fingerprint density at radius 3 is 2.52 bits per heavy atom. The van der Waals surface area contributed by atoms with E-state index in [1.54, 1.807) is 22.8 Å². The number of thioether (sulfide) groups is 1. The maximum Gasteiger partial charge on any atom is 0.162 e. The third-order valence-electron chi connectivity index (χ3n) is 3.69. The van der Waals surface area contributed by atoms with Gasteiger partial charge in [0.2, 0.25) is 0 Å². The Labute approximate surface area is 128 Å². The molecule has 0 N–H and O–H groups in total. The average Bonchev–Trinajstić information content (AvgIpc) is 2.80. The Morgan fingerprint density at radius 2 is 1.81 bits per heavy atom. The molecule has 3 aromatic rings. The normalized spacial score (nSPS) is 11.2. The summed E-state index contributed by atoms with van der Waals surface area (Å²) in [5.41, 5.74) is 6.27. The van der Waals surface area contributed by atoms with Crippen LogP contribution in [0.3, 0.4) is 0 Å². The topological polar surface area (TPSA) is 43.6 Å². The van der Waals surface area contributed by atoms with Crippen molar-refractivity contribution >= 4 is 22.8 Å². The van der Waals surface area contributed by atoms with Crippen molar-refractivity contribution in [2.75, 3.05) is 0 Å². The molecule has 0 aliphatic rings. The predicted molar refractivity (Wildman–Crippen MR) is 86.5 cm³/mol. The molecule has 1 aromatic carbocycles. The van der Waals surface area contributed by atoms with Gasteiger partial charge in [-0.2, -0.15) is 5.10 Å². The highest BCUT2D eigenvalue weighted by Crippen LogP contribution is 2.29. The van der Waals surface area contributed by atoms with Gasteiger partial charge in [0.25, 0.3) is 0 Å². The van der Waals surface area contributed by atoms with E-state index in [1.807, 2.05) is 13.2 Å². The molecule has 0 unspecified atom stereocenters. The molecule has 0 saturated heterocycles. The first-order valence-corrected chi connectivity index (χ1v) is 7.87. The lowest BCUT2D eigenvalue weighted by Crippen LogP contribution is -1.95. The zero-order valence-electron chi connectivity index (χ0n) is 12.7. The lowest BCUT2D eigenvalue weighted by atomic mass is 10.0. The molecule has 0 saturated carbocycles. The molecule has 108 valence electrons. The van der Waals surface area contributed by atoms with Crippen molar-refractivity contribution in [1.82, 2.24) is 19.7 Å². The second-order valence-electron chi connectivity index (χ2n) is 5.35. The Bertz CT molecular complexity index is 784. The van der Waals surface area contributed by atoms with Crippen LogP contribution >= 0.6 is 11.8 Å². The van der Waals surface area contributed by atoms with Crippen LogP contribution in [0.15, 0.2) is 29.7 Å². The molecule has 5 heteroatoms. The first-order valence-electron chi connectivity index (χ1n) is 6.88. The Hall–Kier alpha value is -1.88. The molecule has 0 aliphatic carbocycles. The van der Waals surface area contributed by atoms with E-state index in [4.69, 9.17) is 0 Å². The van der Waals surface area contributed by atoms with E-state index in [9.17, 15) is 0 Å². The molecular weight excluding hydrogens is 280 g/mol. The van der Waals surface area contributed by atoms with Gasteiger partial charge in [0, 0.05) is 12.8 Å². The molecule has 0 fully saturated rings. The molecule has 2 aromatic heterocycles. The molecule has 0 amide bonds. The van der Waals surface area contributed by atoms with Gasteiger partial charge in [-0.15, -0.1) is 11.8 Å². The number of hydrogen-bond acceptors (Lipinski definition) is 4. The lowest BCUT2D eigenvalue weighted by molar-refractivity contribution is 0.784. The van der Waals surface area contributed by atoms with E-state index in [1.165, 1.54) is 22.3 Å². The molecule has 0 bridgehead atoms. The summed E-state index contributed by atoms with van der Waals surface area (Å²) in [6.45, 7) is 6.49. The van der Waals surface area contributed by atoms with Crippen LogP contribution in [0.4, 0.5) is 0 Å². The first-order chi connectivity index (χ1) is 10.1. The summed E-state index contributed by atoms with van der Waals surface area (Å²) < 4.78 is 1.78. The summed E-state index contributed by atoms with van der Waals surface area (Å²) in [6, 6.07) is 4.48. The van der Waals surface area contributed by atoms with E-state index in [0.717, 1.165) is 21.8 Å². The number of aromatic nitrogens is 4. The van der Waals surface area contributed by atoms with Crippen LogP contribution in [-0.2, 0) is 12.8 Å². The highest BCUT2D eigenvalue weighted by atomic mass is 32.2. The molecule has 3 rings (SSSR count). The third-order valence-corrected chi connectivity index (χ3v) is 4.72.